The molecule has 2 heterocycles. The van der Waals surface area contributed by atoms with Crippen molar-refractivity contribution in [3.8, 4) is 11.5 Å². The molecule has 32 heavy (non-hydrogen) atoms. The highest BCUT2D eigenvalue weighted by atomic mass is 16.5. The van der Waals surface area contributed by atoms with Gasteiger partial charge < -0.3 is 19.3 Å². The van der Waals surface area contributed by atoms with Crippen molar-refractivity contribution in [2.24, 2.45) is 5.92 Å². The lowest BCUT2D eigenvalue weighted by Gasteiger charge is -2.33. The Labute approximate surface area is 190 Å². The van der Waals surface area contributed by atoms with Crippen molar-refractivity contribution >= 4 is 11.8 Å². The molecule has 0 aliphatic carbocycles. The van der Waals surface area contributed by atoms with Gasteiger partial charge in [-0.05, 0) is 68.5 Å². The number of para-hydroxylation sites is 1. The third-order valence-corrected chi connectivity index (χ3v) is 6.37. The van der Waals surface area contributed by atoms with E-state index in [-0.39, 0.29) is 17.7 Å². The number of carbonyl (C=O) groups is 2. The van der Waals surface area contributed by atoms with E-state index in [4.69, 9.17) is 9.47 Å². The first-order chi connectivity index (χ1) is 15.7. The summed E-state index contributed by atoms with van der Waals surface area (Å²) < 4.78 is 11.4. The normalized spacial score (nSPS) is 18.8. The molecule has 0 spiro atoms. The predicted octanol–water partition coefficient (Wildman–Crippen LogP) is 4.25. The van der Waals surface area contributed by atoms with Crippen molar-refractivity contribution < 1.29 is 19.1 Å². The zero-order chi connectivity index (χ0) is 22.3. The number of methoxy groups -OCH3 is 1. The minimum Gasteiger partial charge on any atom is -0.496 e. The number of nitrogens with zero attached hydrogens (tertiary/aromatic N) is 2. The second-order valence-corrected chi connectivity index (χ2v) is 8.65. The smallest absolute Gasteiger partial charge is 0.257 e. The Balaban J connectivity index is 1.31. The number of likely N-dealkylation sites (tertiary alicyclic amines) is 2. The van der Waals surface area contributed by atoms with Gasteiger partial charge in [0.25, 0.3) is 11.8 Å². The van der Waals surface area contributed by atoms with E-state index >= 15 is 0 Å². The molecule has 2 saturated heterocycles. The van der Waals surface area contributed by atoms with Crippen LogP contribution in [-0.2, 0) is 0 Å². The summed E-state index contributed by atoms with van der Waals surface area (Å²) in [5, 5.41) is 0. The maximum Gasteiger partial charge on any atom is 0.257 e. The molecule has 2 aromatic rings. The Kier molecular flexibility index (Phi) is 7.30. The van der Waals surface area contributed by atoms with Crippen LogP contribution in [0.5, 0.6) is 11.5 Å². The van der Waals surface area contributed by atoms with E-state index in [1.54, 1.807) is 7.11 Å². The van der Waals surface area contributed by atoms with Gasteiger partial charge in [0.2, 0.25) is 0 Å². The van der Waals surface area contributed by atoms with Crippen LogP contribution in [0.3, 0.4) is 0 Å². The zero-order valence-corrected chi connectivity index (χ0v) is 18.8. The molecule has 0 N–H and O–H groups in total. The van der Waals surface area contributed by atoms with Crippen molar-refractivity contribution in [2.45, 2.75) is 32.1 Å². The average molecular weight is 437 g/mol. The topological polar surface area (TPSA) is 59.1 Å². The minimum atomic E-state index is 0.00716. The molecule has 1 atom stereocenters. The Morgan fingerprint density at radius 3 is 2.34 bits per heavy atom. The van der Waals surface area contributed by atoms with Gasteiger partial charge in [-0.2, -0.15) is 0 Å². The van der Waals surface area contributed by atoms with Gasteiger partial charge in [-0.1, -0.05) is 12.1 Å². The van der Waals surface area contributed by atoms with Crippen LogP contribution >= 0.6 is 0 Å². The molecule has 6 heteroatoms. The van der Waals surface area contributed by atoms with Crippen molar-refractivity contribution in [3.63, 3.8) is 0 Å². The molecule has 0 radical (unpaired) electrons. The van der Waals surface area contributed by atoms with Gasteiger partial charge in [0, 0.05) is 37.7 Å². The first-order valence-corrected chi connectivity index (χ1v) is 11.6. The molecular formula is C26H32N2O4. The summed E-state index contributed by atoms with van der Waals surface area (Å²) in [6.45, 7) is 3.67. The van der Waals surface area contributed by atoms with Crippen LogP contribution in [0.25, 0.3) is 0 Å². The Bertz CT molecular complexity index is 922. The summed E-state index contributed by atoms with van der Waals surface area (Å²) in [5.74, 6) is 1.75. The lowest BCUT2D eigenvalue weighted by atomic mass is 9.98. The number of hydrogen-bond acceptors (Lipinski definition) is 4. The summed E-state index contributed by atoms with van der Waals surface area (Å²) in [5.41, 5.74) is 1.32. The number of rotatable bonds is 6. The second-order valence-electron chi connectivity index (χ2n) is 8.65. The van der Waals surface area contributed by atoms with E-state index < -0.39 is 0 Å². The number of piperidine rings is 2. The third kappa shape index (κ3) is 5.23. The van der Waals surface area contributed by atoms with Crippen LogP contribution in [0.1, 0.15) is 52.8 Å². The van der Waals surface area contributed by atoms with Gasteiger partial charge in [-0.25, -0.2) is 0 Å². The molecule has 2 aliphatic heterocycles. The number of carbonyl (C=O) groups excluding carboxylic acids is 2. The van der Waals surface area contributed by atoms with E-state index in [2.05, 4.69) is 0 Å². The number of benzene rings is 2. The van der Waals surface area contributed by atoms with Gasteiger partial charge in [0.15, 0.2) is 0 Å². The van der Waals surface area contributed by atoms with E-state index in [9.17, 15) is 9.59 Å². The maximum atomic E-state index is 13.0. The first-order valence-electron chi connectivity index (χ1n) is 11.6. The van der Waals surface area contributed by atoms with Crippen LogP contribution in [0.2, 0.25) is 0 Å². The fraction of sp³-hybridized carbons (Fsp3) is 0.462. The minimum absolute atomic E-state index is 0.00716. The Morgan fingerprint density at radius 2 is 1.59 bits per heavy atom. The van der Waals surface area contributed by atoms with Crippen molar-refractivity contribution in [1.29, 1.82) is 0 Å². The largest absolute Gasteiger partial charge is 0.496 e. The van der Waals surface area contributed by atoms with Gasteiger partial charge in [-0.3, -0.25) is 9.59 Å². The van der Waals surface area contributed by atoms with Crippen LogP contribution in [0.15, 0.2) is 48.5 Å². The number of hydrogen-bond donors (Lipinski definition) is 0. The van der Waals surface area contributed by atoms with Gasteiger partial charge in [-0.15, -0.1) is 0 Å². The zero-order valence-electron chi connectivity index (χ0n) is 18.8. The van der Waals surface area contributed by atoms with Crippen LogP contribution in [0, 0.1) is 5.92 Å². The molecule has 2 amide bonds. The van der Waals surface area contributed by atoms with Gasteiger partial charge >= 0.3 is 0 Å². The molecule has 170 valence electrons. The summed E-state index contributed by atoms with van der Waals surface area (Å²) in [7, 11) is 1.59. The molecule has 2 aliphatic rings. The molecule has 0 aromatic heterocycles. The van der Waals surface area contributed by atoms with E-state index in [0.29, 0.717) is 30.0 Å². The quantitative estimate of drug-likeness (QED) is 0.679. The van der Waals surface area contributed by atoms with Gasteiger partial charge in [0.05, 0.1) is 19.3 Å². The van der Waals surface area contributed by atoms with E-state index in [0.717, 1.165) is 51.1 Å². The fourth-order valence-electron chi connectivity index (χ4n) is 4.56. The first kappa shape index (κ1) is 22.2. The summed E-state index contributed by atoms with van der Waals surface area (Å²) in [4.78, 5) is 29.5. The van der Waals surface area contributed by atoms with Crippen molar-refractivity contribution in [1.82, 2.24) is 9.80 Å². The lowest BCUT2D eigenvalue weighted by Crippen LogP contribution is -2.41. The molecule has 6 nitrogen and oxygen atoms in total. The molecule has 0 bridgehead atoms. The summed E-state index contributed by atoms with van der Waals surface area (Å²) in [6, 6.07) is 14.8. The average Bonchev–Trinajstić information content (AvgIpc) is 2.87. The highest BCUT2D eigenvalue weighted by Gasteiger charge is 2.26. The van der Waals surface area contributed by atoms with E-state index in [1.165, 1.54) is 6.42 Å². The lowest BCUT2D eigenvalue weighted by molar-refractivity contribution is 0.0630. The van der Waals surface area contributed by atoms with Crippen molar-refractivity contribution in [3.05, 3.63) is 59.7 Å². The molecule has 2 aromatic carbocycles. The third-order valence-electron chi connectivity index (χ3n) is 6.37. The second kappa shape index (κ2) is 10.5. The maximum absolute atomic E-state index is 13.0. The molecular weight excluding hydrogens is 404 g/mol. The van der Waals surface area contributed by atoms with Crippen molar-refractivity contribution in [2.75, 3.05) is 39.9 Å². The number of ether oxygens (including phenoxy) is 2. The molecule has 4 rings (SSSR count). The highest BCUT2D eigenvalue weighted by Crippen LogP contribution is 2.24. The van der Waals surface area contributed by atoms with E-state index in [1.807, 2.05) is 58.3 Å². The molecule has 2 fully saturated rings. The summed E-state index contributed by atoms with van der Waals surface area (Å²) >= 11 is 0. The highest BCUT2D eigenvalue weighted by molar-refractivity contribution is 5.97. The Morgan fingerprint density at radius 1 is 0.875 bits per heavy atom. The molecule has 0 saturated carbocycles. The van der Waals surface area contributed by atoms with Crippen LogP contribution in [-0.4, -0.2) is 61.5 Å². The standard InChI is InChI=1S/C26H32N2O4/c1-31-24-10-4-3-9-23(24)26(30)28-17-7-8-20(18-28)19-32-22-13-11-21(12-14-22)25(29)27-15-5-2-6-16-27/h3-4,9-14,20H,2,5-8,15-19H2,1H3/t20-/m1/s1. The van der Waals surface area contributed by atoms with Gasteiger partial charge in [0.1, 0.15) is 11.5 Å². The Hall–Kier alpha value is -3.02. The summed E-state index contributed by atoms with van der Waals surface area (Å²) in [6.07, 6.45) is 5.37. The number of amides is 2. The monoisotopic (exact) mass is 436 g/mol. The fourth-order valence-corrected chi connectivity index (χ4v) is 4.56. The van der Waals surface area contributed by atoms with Crippen LogP contribution in [0.4, 0.5) is 0 Å². The SMILES string of the molecule is COc1ccccc1C(=O)N1CCC[C@@H](COc2ccc(C(=O)N3CCCCC3)cc2)C1. The predicted molar refractivity (Wildman–Crippen MR) is 123 cm³/mol. The molecule has 0 unspecified atom stereocenters. The van der Waals surface area contributed by atoms with Crippen LogP contribution < -0.4 is 9.47 Å².